The van der Waals surface area contributed by atoms with Gasteiger partial charge in [-0.15, -0.1) is 0 Å². The van der Waals surface area contributed by atoms with Crippen LogP contribution in [0.5, 0.6) is 0 Å². The molecule has 1 aromatic carbocycles. The van der Waals surface area contributed by atoms with E-state index in [2.05, 4.69) is 42.2 Å². The van der Waals surface area contributed by atoms with Crippen molar-refractivity contribution < 1.29 is 5.11 Å². The fraction of sp³-hybridized carbons (Fsp3) is 0.647. The van der Waals surface area contributed by atoms with Crippen LogP contribution in [0.3, 0.4) is 0 Å². The summed E-state index contributed by atoms with van der Waals surface area (Å²) in [5.74, 6) is 0. The third-order valence-electron chi connectivity index (χ3n) is 4.67. The van der Waals surface area contributed by atoms with Crippen molar-refractivity contribution in [1.82, 2.24) is 4.90 Å². The van der Waals surface area contributed by atoms with E-state index in [0.29, 0.717) is 12.6 Å². The van der Waals surface area contributed by atoms with E-state index in [0.717, 1.165) is 19.5 Å². The fourth-order valence-electron chi connectivity index (χ4n) is 2.98. The molecule has 3 nitrogen and oxygen atoms in total. The minimum atomic E-state index is -0.00763. The highest BCUT2D eigenvalue weighted by atomic mass is 16.3. The number of aliphatic hydroxyl groups is 1. The lowest BCUT2D eigenvalue weighted by Crippen LogP contribution is -2.50. The molecule has 1 aliphatic carbocycles. The second-order valence-corrected chi connectivity index (χ2v) is 6.26. The molecule has 1 atom stereocenters. The summed E-state index contributed by atoms with van der Waals surface area (Å²) in [6.07, 6.45) is 4.78. The van der Waals surface area contributed by atoms with Crippen molar-refractivity contribution in [1.29, 1.82) is 0 Å². The van der Waals surface area contributed by atoms with Crippen LogP contribution in [0.4, 0.5) is 0 Å². The monoisotopic (exact) mass is 276 g/mol. The molecule has 0 saturated heterocycles. The van der Waals surface area contributed by atoms with Crippen LogP contribution in [0.25, 0.3) is 0 Å². The van der Waals surface area contributed by atoms with E-state index in [4.69, 9.17) is 10.8 Å². The van der Waals surface area contributed by atoms with Crippen LogP contribution < -0.4 is 5.73 Å². The second-order valence-electron chi connectivity index (χ2n) is 6.26. The number of hydrogen-bond acceptors (Lipinski definition) is 3. The molecule has 1 unspecified atom stereocenters. The first-order valence-electron chi connectivity index (χ1n) is 7.80. The summed E-state index contributed by atoms with van der Waals surface area (Å²) >= 11 is 0. The Kier molecular flexibility index (Phi) is 5.58. The van der Waals surface area contributed by atoms with Crippen LogP contribution >= 0.6 is 0 Å². The fourth-order valence-corrected chi connectivity index (χ4v) is 2.98. The zero-order chi connectivity index (χ0) is 14.4. The first kappa shape index (κ1) is 15.5. The Labute approximate surface area is 122 Å². The second kappa shape index (κ2) is 7.21. The van der Waals surface area contributed by atoms with Crippen molar-refractivity contribution in [3.05, 3.63) is 35.9 Å². The minimum absolute atomic E-state index is 0.00763. The number of hydrogen-bond donors (Lipinski definition) is 2. The average molecular weight is 276 g/mol. The molecule has 2 rings (SSSR count). The molecule has 0 aliphatic heterocycles. The highest BCUT2D eigenvalue weighted by molar-refractivity contribution is 5.25. The molecule has 20 heavy (non-hydrogen) atoms. The van der Waals surface area contributed by atoms with E-state index in [1.165, 1.54) is 24.8 Å². The molecule has 0 aromatic heterocycles. The SMILES string of the molecule is CC(CN)(CN(CCCO)C1CCC1)c1ccccc1. The predicted molar refractivity (Wildman–Crippen MR) is 83.8 cm³/mol. The Bertz CT molecular complexity index is 391. The first-order chi connectivity index (χ1) is 9.69. The molecule has 1 saturated carbocycles. The van der Waals surface area contributed by atoms with E-state index >= 15 is 0 Å². The zero-order valence-electron chi connectivity index (χ0n) is 12.6. The van der Waals surface area contributed by atoms with Gasteiger partial charge < -0.3 is 10.8 Å². The summed E-state index contributed by atoms with van der Waals surface area (Å²) in [6.45, 7) is 5.14. The van der Waals surface area contributed by atoms with Crippen molar-refractivity contribution in [3.63, 3.8) is 0 Å². The molecular formula is C17H28N2O. The van der Waals surface area contributed by atoms with E-state index < -0.39 is 0 Å². The number of rotatable bonds is 8. The number of benzene rings is 1. The Hall–Kier alpha value is -0.900. The molecule has 0 heterocycles. The van der Waals surface area contributed by atoms with Gasteiger partial charge in [0, 0.05) is 37.7 Å². The van der Waals surface area contributed by atoms with Gasteiger partial charge in [-0.25, -0.2) is 0 Å². The quantitative estimate of drug-likeness (QED) is 0.765. The molecule has 3 heteroatoms. The maximum absolute atomic E-state index is 9.11. The zero-order valence-corrected chi connectivity index (χ0v) is 12.6. The summed E-state index contributed by atoms with van der Waals surface area (Å²) in [7, 11) is 0. The van der Waals surface area contributed by atoms with Crippen LogP contribution in [0.15, 0.2) is 30.3 Å². The van der Waals surface area contributed by atoms with Crippen molar-refractivity contribution in [2.24, 2.45) is 5.73 Å². The molecule has 3 N–H and O–H groups in total. The van der Waals surface area contributed by atoms with E-state index in [1.807, 2.05) is 0 Å². The van der Waals surface area contributed by atoms with E-state index in [9.17, 15) is 0 Å². The lowest BCUT2D eigenvalue weighted by molar-refractivity contribution is 0.0931. The summed E-state index contributed by atoms with van der Waals surface area (Å²) in [4.78, 5) is 2.54. The Morgan fingerprint density at radius 3 is 2.50 bits per heavy atom. The highest BCUT2D eigenvalue weighted by Crippen LogP contribution is 2.30. The normalized spacial score (nSPS) is 18.8. The maximum Gasteiger partial charge on any atom is 0.0443 e. The first-order valence-corrected chi connectivity index (χ1v) is 7.80. The van der Waals surface area contributed by atoms with Gasteiger partial charge in [-0.3, -0.25) is 4.90 Å². The molecule has 112 valence electrons. The van der Waals surface area contributed by atoms with Gasteiger partial charge in [-0.05, 0) is 24.8 Å². The van der Waals surface area contributed by atoms with Gasteiger partial charge in [0.05, 0.1) is 0 Å². The molecule has 0 spiro atoms. The van der Waals surface area contributed by atoms with Crippen molar-refractivity contribution in [3.8, 4) is 0 Å². The topological polar surface area (TPSA) is 49.5 Å². The van der Waals surface area contributed by atoms with Gasteiger partial charge in [0.1, 0.15) is 0 Å². The van der Waals surface area contributed by atoms with E-state index in [1.54, 1.807) is 0 Å². The molecule has 0 radical (unpaired) electrons. The van der Waals surface area contributed by atoms with Crippen molar-refractivity contribution in [2.75, 3.05) is 26.2 Å². The van der Waals surface area contributed by atoms with Crippen LogP contribution in [-0.2, 0) is 5.41 Å². The van der Waals surface area contributed by atoms with Gasteiger partial charge in [-0.2, -0.15) is 0 Å². The van der Waals surface area contributed by atoms with Crippen LogP contribution in [-0.4, -0.2) is 42.3 Å². The number of nitrogens with two attached hydrogens (primary N) is 1. The maximum atomic E-state index is 9.11. The molecule has 1 fully saturated rings. The Morgan fingerprint density at radius 2 is 2.00 bits per heavy atom. The van der Waals surface area contributed by atoms with Gasteiger partial charge in [0.15, 0.2) is 0 Å². The third kappa shape index (κ3) is 3.60. The molecule has 1 aliphatic rings. The standard InChI is InChI=1S/C17H28N2O/c1-17(13-18,15-7-3-2-4-8-15)14-19(11-6-12-20)16-9-5-10-16/h2-4,7-8,16,20H,5-6,9-14,18H2,1H3. The van der Waals surface area contributed by atoms with Gasteiger partial charge >= 0.3 is 0 Å². The molecule has 1 aromatic rings. The van der Waals surface area contributed by atoms with Gasteiger partial charge in [0.25, 0.3) is 0 Å². The van der Waals surface area contributed by atoms with Gasteiger partial charge in [-0.1, -0.05) is 43.7 Å². The summed E-state index contributed by atoms with van der Waals surface area (Å²) < 4.78 is 0. The molecule has 0 bridgehead atoms. The minimum Gasteiger partial charge on any atom is -0.396 e. The van der Waals surface area contributed by atoms with Crippen molar-refractivity contribution >= 4 is 0 Å². The average Bonchev–Trinajstić information content (AvgIpc) is 2.43. The van der Waals surface area contributed by atoms with Gasteiger partial charge in [0.2, 0.25) is 0 Å². The molecular weight excluding hydrogens is 248 g/mol. The number of nitrogens with zero attached hydrogens (tertiary/aromatic N) is 1. The lowest BCUT2D eigenvalue weighted by Gasteiger charge is -2.43. The predicted octanol–water partition coefficient (Wildman–Crippen LogP) is 2.14. The lowest BCUT2D eigenvalue weighted by atomic mass is 9.80. The van der Waals surface area contributed by atoms with Crippen LogP contribution in [0, 0.1) is 0 Å². The third-order valence-corrected chi connectivity index (χ3v) is 4.67. The summed E-state index contributed by atoms with van der Waals surface area (Å²) in [5.41, 5.74) is 7.41. The van der Waals surface area contributed by atoms with Crippen molar-refractivity contribution in [2.45, 2.75) is 44.1 Å². The smallest absolute Gasteiger partial charge is 0.0443 e. The summed E-state index contributed by atoms with van der Waals surface area (Å²) in [5, 5.41) is 9.11. The van der Waals surface area contributed by atoms with Crippen LogP contribution in [0.2, 0.25) is 0 Å². The Morgan fingerprint density at radius 1 is 1.30 bits per heavy atom. The highest BCUT2D eigenvalue weighted by Gasteiger charge is 2.32. The summed E-state index contributed by atoms with van der Waals surface area (Å²) in [6, 6.07) is 11.3. The van der Waals surface area contributed by atoms with E-state index in [-0.39, 0.29) is 12.0 Å². The largest absolute Gasteiger partial charge is 0.396 e. The molecule has 0 amide bonds. The number of aliphatic hydroxyl groups excluding tert-OH is 1. The Balaban J connectivity index is 2.09. The van der Waals surface area contributed by atoms with Crippen LogP contribution in [0.1, 0.15) is 38.2 Å².